The first kappa shape index (κ1) is 35.6. The van der Waals surface area contributed by atoms with E-state index in [4.69, 9.17) is 17.6 Å². The minimum absolute atomic E-state index is 0. The van der Waals surface area contributed by atoms with Crippen LogP contribution in [0.25, 0.3) is 72.6 Å². The van der Waals surface area contributed by atoms with Crippen molar-refractivity contribution in [2.24, 2.45) is 0 Å². The molecule has 5 aromatic carbocycles. The monoisotopic (exact) mass is 982 g/mol. The fourth-order valence-electron chi connectivity index (χ4n) is 7.59. The normalized spacial score (nSPS) is 13.4. The standard InChI is InChI=1S/C39H33N4O.C15H16N.Ir/c1-22(2)29-19-27(26-12-8-7-9-13-26)20-30(23(3)4)36(29)43-34-15-11-10-14-32(34)41-38(43)28-17-16-24(5)35-31-18-25(6)33(21-40)42-39(31)44-37(28)35;1-15(2,3)13-9-10-14(16-11-13)12-7-5-4-6-8-12;/h7-16,18-20,22-23H,1-6H3;4-7,9-11H,1-3H3;/q2*-1;/i5D3,6D3;;. The zero-order chi connectivity index (χ0) is 47.3. The molecule has 61 heavy (non-hydrogen) atoms. The van der Waals surface area contributed by atoms with Crippen LogP contribution in [0.5, 0.6) is 0 Å². The maximum Gasteiger partial charge on any atom is 0.217 e. The van der Waals surface area contributed by atoms with Crippen molar-refractivity contribution in [1.29, 1.82) is 5.26 Å². The van der Waals surface area contributed by atoms with E-state index >= 15 is 0 Å². The first-order valence-corrected chi connectivity index (χ1v) is 20.1. The van der Waals surface area contributed by atoms with Gasteiger partial charge in [-0.15, -0.1) is 53.6 Å². The van der Waals surface area contributed by atoms with Crippen LogP contribution in [0.3, 0.4) is 0 Å². The fraction of sp³-hybridized carbons (Fsp3) is 0.222. The van der Waals surface area contributed by atoms with E-state index in [1.807, 2.05) is 79.0 Å². The van der Waals surface area contributed by atoms with E-state index in [0.717, 1.165) is 44.7 Å². The number of aryl methyl sites for hydroxylation is 2. The van der Waals surface area contributed by atoms with Crippen molar-refractivity contribution in [3.8, 4) is 45.5 Å². The van der Waals surface area contributed by atoms with Gasteiger partial charge in [0.05, 0.1) is 22.4 Å². The smallest absolute Gasteiger partial charge is 0.217 e. The molecule has 9 aromatic rings. The Kier molecular flexibility index (Phi) is 10.2. The van der Waals surface area contributed by atoms with Gasteiger partial charge in [-0.05, 0) is 93.5 Å². The number of hydrogen-bond acceptors (Lipinski definition) is 5. The summed E-state index contributed by atoms with van der Waals surface area (Å²) in [6, 6.07) is 45.6. The summed E-state index contributed by atoms with van der Waals surface area (Å²) >= 11 is 0. The molecule has 0 aliphatic carbocycles. The van der Waals surface area contributed by atoms with Gasteiger partial charge in [0.25, 0.3) is 0 Å². The molecule has 0 spiro atoms. The molecule has 0 bridgehead atoms. The number of fused-ring (bicyclic) bond motifs is 4. The summed E-state index contributed by atoms with van der Waals surface area (Å²) in [5, 5.41) is 10.2. The van der Waals surface area contributed by atoms with E-state index in [1.165, 1.54) is 17.7 Å². The summed E-state index contributed by atoms with van der Waals surface area (Å²) < 4.78 is 57.7. The topological polar surface area (TPSA) is 80.5 Å². The van der Waals surface area contributed by atoms with Crippen molar-refractivity contribution in [2.75, 3.05) is 0 Å². The van der Waals surface area contributed by atoms with Crippen molar-refractivity contribution in [3.63, 3.8) is 0 Å². The molecular formula is C54H49IrN5O-2. The van der Waals surface area contributed by atoms with Crippen LogP contribution in [0, 0.1) is 37.2 Å². The van der Waals surface area contributed by atoms with Crippen LogP contribution in [-0.2, 0) is 25.5 Å². The fourth-order valence-corrected chi connectivity index (χ4v) is 7.59. The number of aromatic nitrogens is 4. The Morgan fingerprint density at radius 3 is 2.11 bits per heavy atom. The van der Waals surface area contributed by atoms with Crippen LogP contribution in [0.2, 0.25) is 0 Å². The maximum atomic E-state index is 9.80. The molecule has 1 radical (unpaired) electrons. The van der Waals surface area contributed by atoms with Crippen molar-refractivity contribution in [1.82, 2.24) is 19.5 Å². The molecule has 307 valence electrons. The quantitative estimate of drug-likeness (QED) is 0.155. The number of imidazole rings is 1. The summed E-state index contributed by atoms with van der Waals surface area (Å²) in [7, 11) is 0. The Labute approximate surface area is 381 Å². The minimum Gasteiger partial charge on any atom is -0.486 e. The van der Waals surface area contributed by atoms with Gasteiger partial charge in [-0.25, -0.2) is 4.98 Å². The number of nitriles is 1. The summed E-state index contributed by atoms with van der Waals surface area (Å²) in [5.41, 5.74) is 10.2. The van der Waals surface area contributed by atoms with Crippen molar-refractivity contribution in [2.45, 2.75) is 79.4 Å². The third kappa shape index (κ3) is 8.31. The maximum absolute atomic E-state index is 9.80. The van der Waals surface area contributed by atoms with Gasteiger partial charge in [0.2, 0.25) is 5.71 Å². The molecule has 7 heteroatoms. The SMILES string of the molecule is CC(C)(C)c1ccc(-c2[c-]cccc2)nc1.[2H]C([2H])([2H])c1cc2c(nc1C#N)oc1c(-c3nc4ccccc4n3-c3c(C(C)C)cc(-c4ccccc4)cc3C(C)C)[c-]cc(C([2H])([2H])[2H])c12.[Ir]. The summed E-state index contributed by atoms with van der Waals surface area (Å²) in [4.78, 5) is 13.9. The van der Waals surface area contributed by atoms with E-state index in [1.54, 1.807) is 0 Å². The number of rotatable bonds is 6. The molecule has 0 N–H and O–H groups in total. The number of para-hydroxylation sites is 2. The van der Waals surface area contributed by atoms with Crippen molar-refractivity contribution < 1.29 is 32.7 Å². The van der Waals surface area contributed by atoms with E-state index in [2.05, 4.69) is 112 Å². The van der Waals surface area contributed by atoms with Gasteiger partial charge in [-0.3, -0.25) is 4.98 Å². The number of benzene rings is 5. The third-order valence-corrected chi connectivity index (χ3v) is 10.8. The van der Waals surface area contributed by atoms with Crippen LogP contribution >= 0.6 is 0 Å². The van der Waals surface area contributed by atoms with Gasteiger partial charge in [-0.1, -0.05) is 121 Å². The van der Waals surface area contributed by atoms with Gasteiger partial charge < -0.3 is 14.0 Å². The summed E-state index contributed by atoms with van der Waals surface area (Å²) in [5.74, 6) is 0.695. The second kappa shape index (κ2) is 17.4. The predicted octanol–water partition coefficient (Wildman–Crippen LogP) is 14.0. The third-order valence-electron chi connectivity index (χ3n) is 10.8. The molecule has 4 aromatic heterocycles. The minimum atomic E-state index is -2.67. The van der Waals surface area contributed by atoms with E-state index in [9.17, 15) is 5.26 Å². The van der Waals surface area contributed by atoms with Crippen LogP contribution in [0.4, 0.5) is 0 Å². The number of furan rings is 1. The number of hydrogen-bond donors (Lipinski definition) is 0. The largest absolute Gasteiger partial charge is 0.486 e. The van der Waals surface area contributed by atoms with E-state index in [-0.39, 0.29) is 76.2 Å². The number of nitrogens with zero attached hydrogens (tertiary/aromatic N) is 5. The van der Waals surface area contributed by atoms with Crippen LogP contribution in [-0.4, -0.2) is 19.5 Å². The molecule has 0 aliphatic rings. The van der Waals surface area contributed by atoms with Crippen molar-refractivity contribution >= 4 is 33.1 Å². The van der Waals surface area contributed by atoms with E-state index in [0.29, 0.717) is 16.9 Å². The Morgan fingerprint density at radius 2 is 1.49 bits per heavy atom. The Bertz CT molecular complexity index is 3240. The second-order valence-corrected chi connectivity index (χ2v) is 16.6. The molecule has 6 nitrogen and oxygen atoms in total. The summed E-state index contributed by atoms with van der Waals surface area (Å²) in [6.45, 7) is 9.95. The molecule has 0 fully saturated rings. The van der Waals surface area contributed by atoms with Gasteiger partial charge in [0, 0.05) is 45.6 Å². The van der Waals surface area contributed by atoms with Gasteiger partial charge in [0.15, 0.2) is 0 Å². The Hall–Kier alpha value is -6.19. The van der Waals surface area contributed by atoms with Gasteiger partial charge >= 0.3 is 0 Å². The number of pyridine rings is 2. The van der Waals surface area contributed by atoms with Crippen molar-refractivity contribution in [3.05, 3.63) is 167 Å². The average Bonchev–Trinajstić information content (AvgIpc) is 3.86. The molecule has 4 heterocycles. The zero-order valence-electron chi connectivity index (χ0n) is 41.2. The first-order chi connectivity index (χ1) is 31.3. The molecule has 0 aliphatic heterocycles. The molecular weight excluding hydrogens is 927 g/mol. The van der Waals surface area contributed by atoms with Gasteiger partial charge in [0.1, 0.15) is 11.8 Å². The van der Waals surface area contributed by atoms with Crippen LogP contribution in [0.15, 0.2) is 126 Å². The van der Waals surface area contributed by atoms with E-state index < -0.39 is 13.7 Å². The molecule has 9 rings (SSSR count). The Morgan fingerprint density at radius 1 is 0.787 bits per heavy atom. The Balaban J connectivity index is 0.000000331. The summed E-state index contributed by atoms with van der Waals surface area (Å²) in [6.07, 6.45) is 1.95. The van der Waals surface area contributed by atoms with Crippen LogP contribution < -0.4 is 0 Å². The molecule has 0 atom stereocenters. The predicted molar refractivity (Wildman–Crippen MR) is 245 cm³/mol. The molecule has 0 amide bonds. The van der Waals surface area contributed by atoms with Crippen LogP contribution in [0.1, 0.15) is 102 Å². The first-order valence-electron chi connectivity index (χ1n) is 23.1. The zero-order valence-corrected chi connectivity index (χ0v) is 37.6. The molecule has 0 saturated heterocycles. The second-order valence-electron chi connectivity index (χ2n) is 16.6. The van der Waals surface area contributed by atoms with Gasteiger partial charge in [-0.2, -0.15) is 5.26 Å². The molecule has 0 unspecified atom stereocenters. The average molecular weight is 982 g/mol. The molecule has 0 saturated carbocycles.